The summed E-state index contributed by atoms with van der Waals surface area (Å²) in [5.41, 5.74) is 1.69. The lowest BCUT2D eigenvalue weighted by atomic mass is 9.94. The van der Waals surface area contributed by atoms with E-state index in [4.69, 9.17) is 5.26 Å². The predicted molar refractivity (Wildman–Crippen MR) is 52.2 cm³/mol. The van der Waals surface area contributed by atoms with Crippen LogP contribution in [0.15, 0.2) is 18.3 Å². The Kier molecular flexibility index (Phi) is 3.02. The normalized spacial score (nSPS) is 12.5. The molecular weight excluding hydrogens is 160 g/mol. The monoisotopic (exact) mass is 174 g/mol. The molecule has 0 fully saturated rings. The molecule has 0 saturated carbocycles. The molecule has 2 heteroatoms. The zero-order valence-corrected chi connectivity index (χ0v) is 8.28. The first-order valence-electron chi connectivity index (χ1n) is 4.51. The van der Waals surface area contributed by atoms with Crippen molar-refractivity contribution in [2.75, 3.05) is 0 Å². The first-order chi connectivity index (χ1) is 6.15. The average Bonchev–Trinajstić information content (AvgIpc) is 2.17. The largest absolute Gasteiger partial charge is 0.260 e. The first kappa shape index (κ1) is 9.73. The van der Waals surface area contributed by atoms with Crippen molar-refractivity contribution >= 4 is 0 Å². The highest BCUT2D eigenvalue weighted by molar-refractivity contribution is 5.27. The molecule has 0 aliphatic rings. The van der Waals surface area contributed by atoms with Crippen LogP contribution in [0.1, 0.15) is 37.9 Å². The molecule has 0 spiro atoms. The Morgan fingerprint density at radius 2 is 2.00 bits per heavy atom. The van der Waals surface area contributed by atoms with Crippen LogP contribution in [0.2, 0.25) is 0 Å². The average molecular weight is 174 g/mol. The molecule has 0 amide bonds. The molecule has 0 aliphatic carbocycles. The van der Waals surface area contributed by atoms with Gasteiger partial charge in [-0.2, -0.15) is 5.26 Å². The molecule has 68 valence electrons. The number of rotatable bonds is 2. The number of nitriles is 1. The van der Waals surface area contributed by atoms with E-state index in [0.29, 0.717) is 17.4 Å². The van der Waals surface area contributed by atoms with Gasteiger partial charge in [0.2, 0.25) is 0 Å². The van der Waals surface area contributed by atoms with Crippen molar-refractivity contribution in [3.05, 3.63) is 29.6 Å². The minimum Gasteiger partial charge on any atom is -0.260 e. The van der Waals surface area contributed by atoms with E-state index in [1.165, 1.54) is 0 Å². The number of hydrogen-bond acceptors (Lipinski definition) is 2. The lowest BCUT2D eigenvalue weighted by molar-refractivity contribution is 0.523. The molecule has 1 rings (SSSR count). The first-order valence-corrected chi connectivity index (χ1v) is 4.51. The molecule has 1 heterocycles. The molecule has 0 radical (unpaired) electrons. The Morgan fingerprint density at radius 3 is 2.38 bits per heavy atom. The second-order valence-corrected chi connectivity index (χ2v) is 3.62. The fourth-order valence-corrected chi connectivity index (χ4v) is 1.08. The van der Waals surface area contributed by atoms with Gasteiger partial charge in [0.15, 0.2) is 0 Å². The molecule has 1 atom stereocenters. The van der Waals surface area contributed by atoms with Gasteiger partial charge in [0.05, 0.1) is 5.56 Å². The van der Waals surface area contributed by atoms with Crippen LogP contribution < -0.4 is 0 Å². The Balaban J connectivity index is 2.87. The smallest absolute Gasteiger partial charge is 0.101 e. The molecule has 0 bridgehead atoms. The minimum absolute atomic E-state index is 0.452. The minimum atomic E-state index is 0.452. The zero-order valence-electron chi connectivity index (χ0n) is 8.28. The van der Waals surface area contributed by atoms with Crippen LogP contribution in [-0.4, -0.2) is 4.98 Å². The summed E-state index contributed by atoms with van der Waals surface area (Å²) < 4.78 is 0. The summed E-state index contributed by atoms with van der Waals surface area (Å²) in [7, 11) is 0. The maximum Gasteiger partial charge on any atom is 0.101 e. The van der Waals surface area contributed by atoms with Gasteiger partial charge in [-0.3, -0.25) is 4.98 Å². The van der Waals surface area contributed by atoms with E-state index in [1.54, 1.807) is 6.20 Å². The quantitative estimate of drug-likeness (QED) is 0.691. The van der Waals surface area contributed by atoms with Crippen LogP contribution in [0, 0.1) is 17.2 Å². The topological polar surface area (TPSA) is 36.7 Å². The lowest BCUT2D eigenvalue weighted by Gasteiger charge is -2.14. The summed E-state index contributed by atoms with van der Waals surface area (Å²) in [5, 5.41) is 8.59. The van der Waals surface area contributed by atoms with E-state index in [9.17, 15) is 0 Å². The number of nitrogens with zero attached hydrogens (tertiary/aromatic N) is 2. The van der Waals surface area contributed by atoms with Crippen molar-refractivity contribution in [1.82, 2.24) is 4.98 Å². The molecule has 0 unspecified atom stereocenters. The summed E-state index contributed by atoms with van der Waals surface area (Å²) in [6, 6.07) is 5.81. The van der Waals surface area contributed by atoms with E-state index >= 15 is 0 Å². The molecule has 0 aliphatic heterocycles. The van der Waals surface area contributed by atoms with E-state index < -0.39 is 0 Å². The number of aromatic nitrogens is 1. The Labute approximate surface area is 79.2 Å². The Morgan fingerprint density at radius 1 is 1.31 bits per heavy atom. The lowest BCUT2D eigenvalue weighted by Crippen LogP contribution is -2.04. The van der Waals surface area contributed by atoms with Crippen LogP contribution in [0.25, 0.3) is 0 Å². The standard InChI is InChI=1S/C11H14N2/c1-8(2)9(3)11-5-4-10(6-12)7-13-11/h4-5,7-9H,1-3H3/t9-/m0/s1. The highest BCUT2D eigenvalue weighted by Crippen LogP contribution is 2.21. The van der Waals surface area contributed by atoms with Crippen LogP contribution in [0.5, 0.6) is 0 Å². The molecular formula is C11H14N2. The van der Waals surface area contributed by atoms with Crippen molar-refractivity contribution in [2.24, 2.45) is 5.92 Å². The van der Waals surface area contributed by atoms with Gasteiger partial charge in [0.25, 0.3) is 0 Å². The molecule has 0 N–H and O–H groups in total. The fraction of sp³-hybridized carbons (Fsp3) is 0.455. The fourth-order valence-electron chi connectivity index (χ4n) is 1.08. The molecule has 0 saturated heterocycles. The second-order valence-electron chi connectivity index (χ2n) is 3.62. The predicted octanol–water partition coefficient (Wildman–Crippen LogP) is 2.71. The van der Waals surface area contributed by atoms with E-state index in [1.807, 2.05) is 12.1 Å². The van der Waals surface area contributed by atoms with Gasteiger partial charge in [-0.15, -0.1) is 0 Å². The summed E-state index contributed by atoms with van der Waals surface area (Å²) in [5.74, 6) is 1.04. The van der Waals surface area contributed by atoms with Crippen molar-refractivity contribution in [1.29, 1.82) is 5.26 Å². The van der Waals surface area contributed by atoms with Crippen molar-refractivity contribution in [3.8, 4) is 6.07 Å². The van der Waals surface area contributed by atoms with Gasteiger partial charge >= 0.3 is 0 Å². The van der Waals surface area contributed by atoms with Crippen molar-refractivity contribution in [2.45, 2.75) is 26.7 Å². The maximum atomic E-state index is 8.59. The molecule has 0 aromatic carbocycles. The summed E-state index contributed by atoms with van der Waals surface area (Å²) in [4.78, 5) is 4.25. The summed E-state index contributed by atoms with van der Waals surface area (Å²) in [6.45, 7) is 6.49. The van der Waals surface area contributed by atoms with Gasteiger partial charge in [0.1, 0.15) is 6.07 Å². The van der Waals surface area contributed by atoms with Crippen LogP contribution >= 0.6 is 0 Å². The van der Waals surface area contributed by atoms with Crippen molar-refractivity contribution < 1.29 is 0 Å². The third-order valence-corrected chi connectivity index (χ3v) is 2.38. The van der Waals surface area contributed by atoms with Crippen LogP contribution in [0.4, 0.5) is 0 Å². The number of hydrogen-bond donors (Lipinski definition) is 0. The van der Waals surface area contributed by atoms with Gasteiger partial charge in [-0.05, 0) is 18.1 Å². The maximum absolute atomic E-state index is 8.59. The highest BCUT2D eigenvalue weighted by atomic mass is 14.7. The van der Waals surface area contributed by atoms with Gasteiger partial charge in [-0.25, -0.2) is 0 Å². The van der Waals surface area contributed by atoms with Crippen LogP contribution in [0.3, 0.4) is 0 Å². The van der Waals surface area contributed by atoms with Crippen molar-refractivity contribution in [3.63, 3.8) is 0 Å². The van der Waals surface area contributed by atoms with Gasteiger partial charge in [-0.1, -0.05) is 20.8 Å². The third-order valence-electron chi connectivity index (χ3n) is 2.38. The van der Waals surface area contributed by atoms with Gasteiger partial charge in [0, 0.05) is 17.8 Å². The van der Waals surface area contributed by atoms with E-state index in [2.05, 4.69) is 31.8 Å². The number of pyridine rings is 1. The SMILES string of the molecule is CC(C)[C@H](C)c1ccc(C#N)cn1. The summed E-state index contributed by atoms with van der Waals surface area (Å²) in [6.07, 6.45) is 1.63. The zero-order chi connectivity index (χ0) is 9.84. The Hall–Kier alpha value is -1.36. The highest BCUT2D eigenvalue weighted by Gasteiger charge is 2.10. The van der Waals surface area contributed by atoms with Gasteiger partial charge < -0.3 is 0 Å². The molecule has 13 heavy (non-hydrogen) atoms. The van der Waals surface area contributed by atoms with E-state index in [0.717, 1.165) is 5.69 Å². The molecule has 1 aromatic heterocycles. The molecule has 2 nitrogen and oxygen atoms in total. The second kappa shape index (κ2) is 4.04. The van der Waals surface area contributed by atoms with Crippen LogP contribution in [-0.2, 0) is 0 Å². The third kappa shape index (κ3) is 2.29. The molecule has 1 aromatic rings. The summed E-state index contributed by atoms with van der Waals surface area (Å²) >= 11 is 0. The van der Waals surface area contributed by atoms with E-state index in [-0.39, 0.29) is 0 Å². The Bertz CT molecular complexity index is 306.